The summed E-state index contributed by atoms with van der Waals surface area (Å²) in [5.74, 6) is 0. The number of nitrogens with one attached hydrogen (secondary N) is 2. The Hall–Kier alpha value is -1.53. The first kappa shape index (κ1) is 16.8. The number of benzene rings is 2. The molecule has 0 heterocycles. The van der Waals surface area contributed by atoms with Crippen molar-refractivity contribution in [2.24, 2.45) is 0 Å². The average Bonchev–Trinajstić information content (AvgIpc) is 2.52. The molecule has 0 saturated heterocycles. The number of hydrazine groups is 1. The molecule has 0 bridgehead atoms. The van der Waals surface area contributed by atoms with Crippen LogP contribution in [0.2, 0.25) is 10.0 Å². The highest BCUT2D eigenvalue weighted by Crippen LogP contribution is 2.25. The summed E-state index contributed by atoms with van der Waals surface area (Å²) in [6.45, 7) is 1.78. The van der Waals surface area contributed by atoms with E-state index in [0.29, 0.717) is 21.3 Å². The van der Waals surface area contributed by atoms with E-state index >= 15 is 0 Å². The molecule has 2 aromatic carbocycles. The van der Waals surface area contributed by atoms with Gasteiger partial charge in [-0.25, -0.2) is 8.42 Å². The van der Waals surface area contributed by atoms with Gasteiger partial charge in [0.15, 0.2) is 0 Å². The summed E-state index contributed by atoms with van der Waals surface area (Å²) in [4.78, 5) is 2.51. The molecule has 116 valence electrons. The van der Waals surface area contributed by atoms with Gasteiger partial charge in [0.2, 0.25) is 0 Å². The topological polar surface area (TPSA) is 58.2 Å². The Kier molecular flexibility index (Phi) is 5.47. The summed E-state index contributed by atoms with van der Waals surface area (Å²) < 4.78 is 24.3. The van der Waals surface area contributed by atoms with Crippen molar-refractivity contribution in [3.8, 4) is 0 Å². The lowest BCUT2D eigenvalue weighted by Gasteiger charge is -2.13. The molecule has 4 nitrogen and oxygen atoms in total. The first-order valence-electron chi connectivity index (χ1n) is 6.38. The van der Waals surface area contributed by atoms with Crippen molar-refractivity contribution >= 4 is 38.9 Å². The minimum atomic E-state index is -3.65. The lowest BCUT2D eigenvalue weighted by atomic mass is 10.1. The van der Waals surface area contributed by atoms with E-state index in [1.165, 1.54) is 12.1 Å². The van der Waals surface area contributed by atoms with E-state index in [0.717, 1.165) is 0 Å². The summed E-state index contributed by atoms with van der Waals surface area (Å²) in [6, 6.07) is 13.1. The maximum atomic E-state index is 12.2. The number of hydrogen-bond donors (Lipinski definition) is 2. The zero-order valence-corrected chi connectivity index (χ0v) is 14.0. The number of sulfonamides is 1. The fourth-order valence-corrected chi connectivity index (χ4v) is 2.93. The van der Waals surface area contributed by atoms with Crippen LogP contribution in [0.3, 0.4) is 0 Å². The number of rotatable bonds is 5. The van der Waals surface area contributed by atoms with Gasteiger partial charge in [-0.3, -0.25) is 0 Å². The molecule has 0 fully saturated rings. The van der Waals surface area contributed by atoms with Gasteiger partial charge < -0.3 is 5.43 Å². The van der Waals surface area contributed by atoms with Gasteiger partial charge in [-0.1, -0.05) is 53.5 Å². The van der Waals surface area contributed by atoms with Gasteiger partial charge in [-0.15, -0.1) is 4.83 Å². The minimum Gasteiger partial charge on any atom is -0.308 e. The van der Waals surface area contributed by atoms with Crippen LogP contribution in [-0.4, -0.2) is 8.42 Å². The standard InChI is InChI=1S/C15H14Cl2N2O2S/c1-2-15(11-8-9-13(16)14(17)10-11)18-19-22(20,21)12-6-4-3-5-7-12/h2-10,18-19H,1H3/b15-2+. The fourth-order valence-electron chi connectivity index (χ4n) is 1.76. The predicted octanol–water partition coefficient (Wildman–Crippen LogP) is 3.84. The molecule has 7 heteroatoms. The van der Waals surface area contributed by atoms with Crippen molar-refractivity contribution in [3.63, 3.8) is 0 Å². The highest BCUT2D eigenvalue weighted by molar-refractivity contribution is 7.89. The third kappa shape index (κ3) is 4.01. The molecule has 0 unspecified atom stereocenters. The average molecular weight is 357 g/mol. The Morgan fingerprint density at radius 1 is 1.05 bits per heavy atom. The molecule has 2 rings (SSSR count). The van der Waals surface area contributed by atoms with Crippen LogP contribution in [0.1, 0.15) is 12.5 Å². The maximum absolute atomic E-state index is 12.2. The number of hydrogen-bond acceptors (Lipinski definition) is 3. The molecular formula is C15H14Cl2N2O2S. The molecule has 22 heavy (non-hydrogen) atoms. The zero-order valence-electron chi connectivity index (χ0n) is 11.7. The van der Waals surface area contributed by atoms with Crippen molar-refractivity contribution in [2.45, 2.75) is 11.8 Å². The largest absolute Gasteiger partial charge is 0.308 e. The second-order valence-electron chi connectivity index (χ2n) is 4.37. The van der Waals surface area contributed by atoms with Crippen LogP contribution in [0.5, 0.6) is 0 Å². The van der Waals surface area contributed by atoms with Crippen molar-refractivity contribution in [1.82, 2.24) is 10.3 Å². The molecular weight excluding hydrogens is 343 g/mol. The van der Waals surface area contributed by atoms with E-state index in [9.17, 15) is 8.42 Å². The second-order valence-corrected chi connectivity index (χ2v) is 6.87. The van der Waals surface area contributed by atoms with E-state index in [4.69, 9.17) is 23.2 Å². The highest BCUT2D eigenvalue weighted by atomic mass is 35.5. The normalized spacial score (nSPS) is 12.2. The quantitative estimate of drug-likeness (QED) is 0.800. The van der Waals surface area contributed by atoms with Crippen LogP contribution in [0, 0.1) is 0 Å². The predicted molar refractivity (Wildman–Crippen MR) is 90.0 cm³/mol. The van der Waals surface area contributed by atoms with Crippen LogP contribution in [-0.2, 0) is 10.0 Å². The molecule has 0 amide bonds. The van der Waals surface area contributed by atoms with E-state index in [1.54, 1.807) is 49.4 Å². The van der Waals surface area contributed by atoms with Crippen LogP contribution >= 0.6 is 23.2 Å². The Morgan fingerprint density at radius 2 is 1.73 bits per heavy atom. The first-order chi connectivity index (χ1) is 10.4. The van der Waals surface area contributed by atoms with Crippen molar-refractivity contribution in [1.29, 1.82) is 0 Å². The molecule has 2 N–H and O–H groups in total. The van der Waals surface area contributed by atoms with Gasteiger partial charge >= 0.3 is 0 Å². The van der Waals surface area contributed by atoms with Crippen LogP contribution in [0.15, 0.2) is 59.5 Å². The van der Waals surface area contributed by atoms with Crippen molar-refractivity contribution in [3.05, 3.63) is 70.2 Å². The Labute approximate surface area is 139 Å². The van der Waals surface area contributed by atoms with E-state index in [-0.39, 0.29) is 4.90 Å². The maximum Gasteiger partial charge on any atom is 0.257 e. The van der Waals surface area contributed by atoms with Crippen LogP contribution in [0.25, 0.3) is 5.70 Å². The third-order valence-corrected chi connectivity index (χ3v) is 4.90. The van der Waals surface area contributed by atoms with E-state index < -0.39 is 10.0 Å². The molecule has 0 radical (unpaired) electrons. The van der Waals surface area contributed by atoms with Crippen LogP contribution < -0.4 is 10.3 Å². The monoisotopic (exact) mass is 356 g/mol. The Bertz CT molecular complexity index is 790. The Balaban J connectivity index is 2.17. The van der Waals surface area contributed by atoms with Gasteiger partial charge in [0.25, 0.3) is 10.0 Å². The molecule has 0 aliphatic rings. The van der Waals surface area contributed by atoms with Gasteiger partial charge in [0.1, 0.15) is 0 Å². The lowest BCUT2D eigenvalue weighted by Crippen LogP contribution is -2.36. The van der Waals surface area contributed by atoms with Crippen molar-refractivity contribution < 1.29 is 8.42 Å². The van der Waals surface area contributed by atoms with E-state index in [1.807, 2.05) is 0 Å². The summed E-state index contributed by atoms with van der Waals surface area (Å²) in [7, 11) is -3.65. The fraction of sp³-hybridized carbons (Fsp3) is 0.0667. The molecule has 0 atom stereocenters. The van der Waals surface area contributed by atoms with Gasteiger partial charge in [-0.05, 0) is 31.2 Å². The summed E-state index contributed by atoms with van der Waals surface area (Å²) in [5.41, 5.74) is 3.98. The molecule has 0 aliphatic carbocycles. The van der Waals surface area contributed by atoms with E-state index in [2.05, 4.69) is 10.3 Å². The molecule has 0 saturated carbocycles. The third-order valence-electron chi connectivity index (χ3n) is 2.89. The summed E-state index contributed by atoms with van der Waals surface area (Å²) >= 11 is 11.9. The zero-order chi connectivity index (χ0) is 16.2. The molecule has 0 spiro atoms. The molecule has 0 aliphatic heterocycles. The lowest BCUT2D eigenvalue weighted by molar-refractivity contribution is 0.576. The SMILES string of the molecule is C/C=C(/NNS(=O)(=O)c1ccccc1)c1ccc(Cl)c(Cl)c1. The molecule has 2 aromatic rings. The second kappa shape index (κ2) is 7.15. The smallest absolute Gasteiger partial charge is 0.257 e. The highest BCUT2D eigenvalue weighted by Gasteiger charge is 2.13. The number of allylic oxidation sites excluding steroid dienone is 1. The molecule has 0 aromatic heterocycles. The number of halogens is 2. The Morgan fingerprint density at radius 3 is 2.32 bits per heavy atom. The van der Waals surface area contributed by atoms with Crippen LogP contribution in [0.4, 0.5) is 0 Å². The van der Waals surface area contributed by atoms with Gasteiger partial charge in [0.05, 0.1) is 20.6 Å². The summed E-state index contributed by atoms with van der Waals surface area (Å²) in [6.07, 6.45) is 1.73. The summed E-state index contributed by atoms with van der Waals surface area (Å²) in [5, 5.41) is 0.831. The minimum absolute atomic E-state index is 0.173. The first-order valence-corrected chi connectivity index (χ1v) is 8.62. The van der Waals surface area contributed by atoms with Gasteiger partial charge in [0, 0.05) is 5.56 Å². The van der Waals surface area contributed by atoms with Crippen molar-refractivity contribution in [2.75, 3.05) is 0 Å². The van der Waals surface area contributed by atoms with Gasteiger partial charge in [-0.2, -0.15) is 0 Å².